The van der Waals surface area contributed by atoms with Gasteiger partial charge in [0, 0.05) is 18.2 Å². The molecule has 4 rings (SSSR count). The number of nitrogens with zero attached hydrogens (tertiary/aromatic N) is 1. The van der Waals surface area contributed by atoms with Gasteiger partial charge in [-0.3, -0.25) is 9.10 Å². The lowest BCUT2D eigenvalue weighted by atomic mass is 10.1. The van der Waals surface area contributed by atoms with Crippen LogP contribution in [0.25, 0.3) is 0 Å². The van der Waals surface area contributed by atoms with Gasteiger partial charge in [0.15, 0.2) is 0 Å². The van der Waals surface area contributed by atoms with Crippen LogP contribution in [0.2, 0.25) is 0 Å². The molecule has 1 N–H and O–H groups in total. The molecule has 1 amide bonds. The maximum atomic E-state index is 14.1. The lowest BCUT2D eigenvalue weighted by Crippen LogP contribution is -2.30. The van der Waals surface area contributed by atoms with Crippen molar-refractivity contribution in [2.45, 2.75) is 24.3 Å². The van der Waals surface area contributed by atoms with Crippen LogP contribution in [0.15, 0.2) is 65.6 Å². The average Bonchev–Trinajstić information content (AvgIpc) is 3.23. The van der Waals surface area contributed by atoms with E-state index in [1.54, 1.807) is 19.1 Å². The molecule has 1 aliphatic heterocycles. The van der Waals surface area contributed by atoms with Crippen LogP contribution in [-0.2, 0) is 16.4 Å². The summed E-state index contributed by atoms with van der Waals surface area (Å²) in [4.78, 5) is 12.9. The number of carbonyl (C=O) groups is 1. The minimum Gasteiger partial charge on any atom is -0.496 e. The smallest absolute Gasteiger partial charge is 0.264 e. The van der Waals surface area contributed by atoms with Crippen LogP contribution in [0.5, 0.6) is 5.75 Å². The minimum atomic E-state index is -3.93. The fourth-order valence-electron chi connectivity index (χ4n) is 3.91. The Morgan fingerprint density at radius 2 is 1.85 bits per heavy atom. The summed E-state index contributed by atoms with van der Waals surface area (Å²) in [6, 6.07) is 13.6. The Hall–Kier alpha value is -3.46. The lowest BCUT2D eigenvalue weighted by molar-refractivity contribution is 0.0936. The highest BCUT2D eigenvalue weighted by atomic mass is 32.2. The van der Waals surface area contributed by atoms with E-state index in [0.29, 0.717) is 18.7 Å². The number of carbonyl (C=O) groups excluding carboxylic acids is 1. The van der Waals surface area contributed by atoms with Crippen molar-refractivity contribution in [1.29, 1.82) is 0 Å². The van der Waals surface area contributed by atoms with Gasteiger partial charge < -0.3 is 10.1 Å². The first-order chi connectivity index (χ1) is 15.7. The highest BCUT2D eigenvalue weighted by Crippen LogP contribution is 2.34. The van der Waals surface area contributed by atoms with Crippen molar-refractivity contribution >= 4 is 21.6 Å². The fourth-order valence-corrected chi connectivity index (χ4v) is 5.44. The number of ether oxygens (including phenoxy) is 1. The van der Waals surface area contributed by atoms with Crippen molar-refractivity contribution in [3.05, 3.63) is 89.0 Å². The van der Waals surface area contributed by atoms with E-state index in [-0.39, 0.29) is 21.8 Å². The van der Waals surface area contributed by atoms with Crippen LogP contribution in [0.4, 0.5) is 14.5 Å². The Morgan fingerprint density at radius 3 is 2.58 bits per heavy atom. The standard InChI is InChI=1S/C24H22F2N2O4S/c1-15(19-9-7-17(25)13-21(19)26)27-24(29)20-14-18(8-10-23(20)32-2)33(30,31)28-12-11-16-5-3-4-6-22(16)28/h3-10,13-15H,11-12H2,1-2H3,(H,27,29). The highest BCUT2D eigenvalue weighted by Gasteiger charge is 2.31. The third-order valence-corrected chi connectivity index (χ3v) is 7.43. The molecule has 33 heavy (non-hydrogen) atoms. The van der Waals surface area contributed by atoms with E-state index in [4.69, 9.17) is 4.74 Å². The number of sulfonamides is 1. The molecule has 0 saturated heterocycles. The Labute approximate surface area is 190 Å². The molecular weight excluding hydrogens is 450 g/mol. The third kappa shape index (κ3) is 4.28. The molecule has 9 heteroatoms. The van der Waals surface area contributed by atoms with Crippen LogP contribution in [0.1, 0.15) is 34.5 Å². The molecule has 0 radical (unpaired) electrons. The Balaban J connectivity index is 1.65. The highest BCUT2D eigenvalue weighted by molar-refractivity contribution is 7.92. The van der Waals surface area contributed by atoms with Crippen molar-refractivity contribution < 1.29 is 26.7 Å². The van der Waals surface area contributed by atoms with Gasteiger partial charge in [-0.2, -0.15) is 0 Å². The largest absolute Gasteiger partial charge is 0.496 e. The second-order valence-corrected chi connectivity index (χ2v) is 9.54. The van der Waals surface area contributed by atoms with E-state index in [0.717, 1.165) is 17.7 Å². The zero-order valence-electron chi connectivity index (χ0n) is 18.0. The second-order valence-electron chi connectivity index (χ2n) is 7.68. The Kier molecular flexibility index (Phi) is 6.07. The van der Waals surface area contributed by atoms with Crippen molar-refractivity contribution in [2.75, 3.05) is 18.0 Å². The SMILES string of the molecule is COc1ccc(S(=O)(=O)N2CCc3ccccc32)cc1C(=O)NC(C)c1ccc(F)cc1F. The minimum absolute atomic E-state index is 0.0135. The zero-order valence-corrected chi connectivity index (χ0v) is 18.8. The maximum absolute atomic E-state index is 14.1. The van der Waals surface area contributed by atoms with E-state index in [1.807, 2.05) is 12.1 Å². The molecule has 3 aromatic carbocycles. The molecule has 0 aliphatic carbocycles. The summed E-state index contributed by atoms with van der Waals surface area (Å²) in [7, 11) is -2.57. The van der Waals surface area contributed by atoms with Crippen LogP contribution in [-0.4, -0.2) is 28.0 Å². The first-order valence-electron chi connectivity index (χ1n) is 10.3. The molecule has 6 nitrogen and oxygen atoms in total. The van der Waals surface area contributed by atoms with Crippen molar-refractivity contribution in [3.8, 4) is 5.75 Å². The molecular formula is C24H22F2N2O4S. The summed E-state index contributed by atoms with van der Waals surface area (Å²) in [6.45, 7) is 1.85. The number of benzene rings is 3. The zero-order chi connectivity index (χ0) is 23.8. The Morgan fingerprint density at radius 1 is 1.09 bits per heavy atom. The average molecular weight is 473 g/mol. The van der Waals surface area contributed by atoms with Crippen LogP contribution in [0, 0.1) is 11.6 Å². The van der Waals surface area contributed by atoms with Gasteiger partial charge in [-0.25, -0.2) is 17.2 Å². The van der Waals surface area contributed by atoms with E-state index in [1.165, 1.54) is 35.7 Å². The van der Waals surface area contributed by atoms with Crippen molar-refractivity contribution in [3.63, 3.8) is 0 Å². The predicted octanol–water partition coefficient (Wildman–Crippen LogP) is 4.22. The first kappa shape index (κ1) is 22.7. The van der Waals surface area contributed by atoms with E-state index >= 15 is 0 Å². The Bertz CT molecular complexity index is 1330. The van der Waals surface area contributed by atoms with Crippen molar-refractivity contribution in [1.82, 2.24) is 5.32 Å². The van der Waals surface area contributed by atoms with Crippen molar-refractivity contribution in [2.24, 2.45) is 0 Å². The van der Waals surface area contributed by atoms with E-state index < -0.39 is 33.6 Å². The number of hydrogen-bond acceptors (Lipinski definition) is 4. The van der Waals surface area contributed by atoms with Gasteiger partial charge in [0.1, 0.15) is 17.4 Å². The summed E-state index contributed by atoms with van der Waals surface area (Å²) in [5.74, 6) is -2.00. The van der Waals surface area contributed by atoms with Gasteiger partial charge in [0.05, 0.1) is 29.3 Å². The monoisotopic (exact) mass is 472 g/mol. The molecule has 0 saturated carbocycles. The van der Waals surface area contributed by atoms with Crippen LogP contribution in [0.3, 0.4) is 0 Å². The summed E-state index contributed by atoms with van der Waals surface area (Å²) < 4.78 is 60.6. The molecule has 0 bridgehead atoms. The molecule has 0 aromatic heterocycles. The lowest BCUT2D eigenvalue weighted by Gasteiger charge is -2.21. The molecule has 3 aromatic rings. The maximum Gasteiger partial charge on any atom is 0.264 e. The summed E-state index contributed by atoms with van der Waals surface area (Å²) in [5.41, 5.74) is 1.63. The topological polar surface area (TPSA) is 75.7 Å². The van der Waals surface area contributed by atoms with Crippen LogP contribution < -0.4 is 14.4 Å². The molecule has 1 aliphatic rings. The van der Waals surface area contributed by atoms with Crippen LogP contribution >= 0.6 is 0 Å². The van der Waals surface area contributed by atoms with Gasteiger partial charge in [-0.05, 0) is 49.2 Å². The van der Waals surface area contributed by atoms with Gasteiger partial charge in [0.25, 0.3) is 15.9 Å². The molecule has 172 valence electrons. The van der Waals surface area contributed by atoms with Gasteiger partial charge in [0.2, 0.25) is 0 Å². The van der Waals surface area contributed by atoms with E-state index in [2.05, 4.69) is 5.32 Å². The number of halogens is 2. The first-order valence-corrected chi connectivity index (χ1v) is 11.7. The number of fused-ring (bicyclic) bond motifs is 1. The quantitative estimate of drug-likeness (QED) is 0.583. The van der Waals surface area contributed by atoms with E-state index in [9.17, 15) is 22.0 Å². The fraction of sp³-hybridized carbons (Fsp3) is 0.208. The number of nitrogens with one attached hydrogen (secondary N) is 1. The van der Waals surface area contributed by atoms with Gasteiger partial charge in [-0.15, -0.1) is 0 Å². The molecule has 1 atom stereocenters. The number of para-hydroxylation sites is 1. The third-order valence-electron chi connectivity index (χ3n) is 5.62. The number of methoxy groups -OCH3 is 1. The second kappa shape index (κ2) is 8.82. The number of amides is 1. The summed E-state index contributed by atoms with van der Waals surface area (Å²) in [5, 5.41) is 2.62. The normalized spacial score (nSPS) is 14.0. The molecule has 1 unspecified atom stereocenters. The number of hydrogen-bond donors (Lipinski definition) is 1. The molecule has 1 heterocycles. The predicted molar refractivity (Wildman–Crippen MR) is 120 cm³/mol. The van der Waals surface area contributed by atoms with Gasteiger partial charge in [-0.1, -0.05) is 24.3 Å². The molecule has 0 fully saturated rings. The number of rotatable bonds is 6. The number of anilines is 1. The molecule has 0 spiro atoms. The summed E-state index contributed by atoms with van der Waals surface area (Å²) in [6.07, 6.45) is 0.597. The van der Waals surface area contributed by atoms with Gasteiger partial charge >= 0.3 is 0 Å². The summed E-state index contributed by atoms with van der Waals surface area (Å²) >= 11 is 0.